The lowest BCUT2D eigenvalue weighted by Crippen LogP contribution is -2.74. The number of aliphatic hydroxyl groups is 1. The molecule has 1 heterocycles. The summed E-state index contributed by atoms with van der Waals surface area (Å²) >= 11 is 0. The molecule has 2 saturated carbocycles. The van der Waals surface area contributed by atoms with Crippen LogP contribution in [0, 0.1) is 11.3 Å². The Morgan fingerprint density at radius 3 is 1.91 bits per heavy atom. The van der Waals surface area contributed by atoms with Crippen LogP contribution in [0.1, 0.15) is 74.1 Å². The van der Waals surface area contributed by atoms with Crippen LogP contribution in [0.3, 0.4) is 0 Å². The molecule has 1 spiro atoms. The third-order valence-electron chi connectivity index (χ3n) is 8.94. The number of carbonyl (C=O) groups excluding carboxylic acids is 2. The fraction of sp³-hybridized carbons (Fsp3) is 0.517. The number of carbonyl (C=O) groups is 2. The van der Waals surface area contributed by atoms with Gasteiger partial charge in [-0.2, -0.15) is 0 Å². The van der Waals surface area contributed by atoms with Crippen LogP contribution >= 0.6 is 0 Å². The van der Waals surface area contributed by atoms with Gasteiger partial charge in [0.25, 0.3) is 0 Å². The summed E-state index contributed by atoms with van der Waals surface area (Å²) in [4.78, 5) is 26.3. The molecule has 6 unspecified atom stereocenters. The fourth-order valence-corrected chi connectivity index (χ4v) is 6.81. The Labute approximate surface area is 206 Å². The molecule has 3 fully saturated rings. The summed E-state index contributed by atoms with van der Waals surface area (Å²) in [6.45, 7) is 7.83. The molecule has 2 bridgehead atoms. The highest BCUT2D eigenvalue weighted by atomic mass is 16.6. The van der Waals surface area contributed by atoms with E-state index in [-0.39, 0.29) is 5.92 Å². The number of hydrogen-bond donors (Lipinski definition) is 1. The smallest absolute Gasteiger partial charge is 0.338 e. The Morgan fingerprint density at radius 1 is 0.857 bits per heavy atom. The molecule has 186 valence electrons. The van der Waals surface area contributed by atoms with Crippen molar-refractivity contribution in [2.75, 3.05) is 0 Å². The van der Waals surface area contributed by atoms with Gasteiger partial charge in [-0.25, -0.2) is 9.59 Å². The summed E-state index contributed by atoms with van der Waals surface area (Å²) in [7, 11) is 0. The lowest BCUT2D eigenvalue weighted by molar-refractivity contribution is -0.302. The third-order valence-corrected chi connectivity index (χ3v) is 8.94. The molecule has 6 nitrogen and oxygen atoms in total. The highest BCUT2D eigenvalue weighted by molar-refractivity contribution is 5.90. The van der Waals surface area contributed by atoms with Crippen LogP contribution < -0.4 is 0 Å². The maximum absolute atomic E-state index is 13.2. The number of esters is 2. The Hall–Kier alpha value is -2.70. The van der Waals surface area contributed by atoms with Crippen LogP contribution in [0.2, 0.25) is 0 Å². The van der Waals surface area contributed by atoms with E-state index in [2.05, 4.69) is 0 Å². The summed E-state index contributed by atoms with van der Waals surface area (Å²) in [5.41, 5.74) is -2.77. The third kappa shape index (κ3) is 3.61. The minimum atomic E-state index is -1.18. The quantitative estimate of drug-likeness (QED) is 0.627. The fourth-order valence-electron chi connectivity index (χ4n) is 6.81. The lowest BCUT2D eigenvalue weighted by Gasteiger charge is -2.62. The van der Waals surface area contributed by atoms with Gasteiger partial charge in [-0.15, -0.1) is 0 Å². The van der Waals surface area contributed by atoms with Gasteiger partial charge >= 0.3 is 11.9 Å². The first-order chi connectivity index (χ1) is 16.5. The Kier molecular flexibility index (Phi) is 5.61. The van der Waals surface area contributed by atoms with Gasteiger partial charge in [-0.05, 0) is 83.6 Å². The second kappa shape index (κ2) is 8.17. The summed E-state index contributed by atoms with van der Waals surface area (Å²) in [6.07, 6.45) is 0.839. The van der Waals surface area contributed by atoms with Crippen LogP contribution in [0.4, 0.5) is 0 Å². The molecule has 0 aromatic heterocycles. The van der Waals surface area contributed by atoms with Crippen molar-refractivity contribution in [3.8, 4) is 0 Å². The van der Waals surface area contributed by atoms with E-state index in [1.54, 1.807) is 55.5 Å². The molecule has 1 saturated heterocycles. The average molecular weight is 479 g/mol. The second-order valence-corrected chi connectivity index (χ2v) is 11.3. The van der Waals surface area contributed by atoms with Crippen molar-refractivity contribution in [3.63, 3.8) is 0 Å². The molecule has 2 aromatic carbocycles. The SMILES string of the molecule is CC1(C)OC23CC1CC(OC(=O)c1ccccc1)C2(C)C(OC(=O)c1ccccc1)CCC3(C)O. The van der Waals surface area contributed by atoms with Gasteiger partial charge in [0, 0.05) is 0 Å². The number of benzene rings is 2. The Bertz CT molecular complexity index is 1110. The standard InChI is InChI=1S/C29H34O6/c1-26(2)21-17-23(34-25(31)20-13-9-6-10-14-20)28(4)22(33-24(30)19-11-7-5-8-12-19)15-16-27(3,32)29(28,18-21)35-26/h5-14,21-23,32H,15-18H2,1-4H3. The van der Waals surface area contributed by atoms with Crippen LogP contribution in [0.5, 0.6) is 0 Å². The Morgan fingerprint density at radius 2 is 1.37 bits per heavy atom. The van der Waals surface area contributed by atoms with Crippen molar-refractivity contribution >= 4 is 11.9 Å². The first-order valence-corrected chi connectivity index (χ1v) is 12.4. The molecule has 3 aliphatic rings. The summed E-state index contributed by atoms with van der Waals surface area (Å²) in [5.74, 6) is -0.773. The largest absolute Gasteiger partial charge is 0.458 e. The van der Waals surface area contributed by atoms with Gasteiger partial charge in [0.2, 0.25) is 0 Å². The molecule has 2 aromatic rings. The number of ether oxygens (including phenoxy) is 3. The van der Waals surface area contributed by atoms with Gasteiger partial charge in [0.1, 0.15) is 17.8 Å². The molecular weight excluding hydrogens is 444 g/mol. The van der Waals surface area contributed by atoms with Gasteiger partial charge in [0.05, 0.1) is 27.7 Å². The molecule has 6 heteroatoms. The van der Waals surface area contributed by atoms with Crippen molar-refractivity contribution in [3.05, 3.63) is 71.8 Å². The zero-order valence-corrected chi connectivity index (χ0v) is 20.8. The van der Waals surface area contributed by atoms with Gasteiger partial charge in [-0.3, -0.25) is 0 Å². The molecule has 2 aliphatic carbocycles. The van der Waals surface area contributed by atoms with Crippen molar-refractivity contribution in [1.29, 1.82) is 0 Å². The normalized spacial score (nSPS) is 37.2. The summed E-state index contributed by atoms with van der Waals surface area (Å²) in [6, 6.07) is 17.8. The minimum absolute atomic E-state index is 0.0826. The highest BCUT2D eigenvalue weighted by Crippen LogP contribution is 2.67. The van der Waals surface area contributed by atoms with E-state index >= 15 is 0 Å². The van der Waals surface area contributed by atoms with E-state index in [4.69, 9.17) is 14.2 Å². The van der Waals surface area contributed by atoms with Crippen molar-refractivity contribution in [2.45, 2.75) is 82.4 Å². The minimum Gasteiger partial charge on any atom is -0.458 e. The highest BCUT2D eigenvalue weighted by Gasteiger charge is 2.77. The van der Waals surface area contributed by atoms with Crippen molar-refractivity contribution in [2.24, 2.45) is 11.3 Å². The number of fused-ring (bicyclic) bond motifs is 1. The van der Waals surface area contributed by atoms with Gasteiger partial charge in [-0.1, -0.05) is 36.4 Å². The van der Waals surface area contributed by atoms with E-state index in [1.807, 2.05) is 32.9 Å². The zero-order chi connectivity index (χ0) is 25.1. The Balaban J connectivity index is 1.56. The van der Waals surface area contributed by atoms with Crippen LogP contribution in [0.15, 0.2) is 60.7 Å². The number of hydrogen-bond acceptors (Lipinski definition) is 6. The van der Waals surface area contributed by atoms with E-state index in [9.17, 15) is 14.7 Å². The van der Waals surface area contributed by atoms with Crippen molar-refractivity contribution < 1.29 is 28.9 Å². The molecule has 0 amide bonds. The maximum atomic E-state index is 13.2. The van der Waals surface area contributed by atoms with Gasteiger partial charge < -0.3 is 19.3 Å². The van der Waals surface area contributed by atoms with E-state index in [1.165, 1.54) is 0 Å². The van der Waals surface area contributed by atoms with Crippen molar-refractivity contribution in [1.82, 2.24) is 0 Å². The lowest BCUT2D eigenvalue weighted by atomic mass is 9.49. The first-order valence-electron chi connectivity index (χ1n) is 12.4. The molecule has 1 N–H and O–H groups in total. The predicted molar refractivity (Wildman–Crippen MR) is 130 cm³/mol. The van der Waals surface area contributed by atoms with E-state index < -0.39 is 46.4 Å². The molecule has 0 radical (unpaired) electrons. The predicted octanol–water partition coefficient (Wildman–Crippen LogP) is 4.95. The molecule has 6 atom stereocenters. The first kappa shape index (κ1) is 24.0. The summed E-state index contributed by atoms with van der Waals surface area (Å²) < 4.78 is 19.1. The monoisotopic (exact) mass is 478 g/mol. The average Bonchev–Trinajstić information content (AvgIpc) is 3.09. The summed E-state index contributed by atoms with van der Waals surface area (Å²) in [5, 5.41) is 11.8. The van der Waals surface area contributed by atoms with E-state index in [0.29, 0.717) is 36.8 Å². The molecular formula is C29H34O6. The van der Waals surface area contributed by atoms with E-state index in [0.717, 1.165) is 0 Å². The molecule has 35 heavy (non-hydrogen) atoms. The van der Waals surface area contributed by atoms with Crippen LogP contribution in [0.25, 0.3) is 0 Å². The molecule has 5 rings (SSSR count). The van der Waals surface area contributed by atoms with Gasteiger partial charge in [0.15, 0.2) is 0 Å². The van der Waals surface area contributed by atoms with Crippen LogP contribution in [-0.2, 0) is 14.2 Å². The maximum Gasteiger partial charge on any atom is 0.338 e. The number of rotatable bonds is 4. The molecule has 1 aliphatic heterocycles. The second-order valence-electron chi connectivity index (χ2n) is 11.3. The topological polar surface area (TPSA) is 82.1 Å². The zero-order valence-electron chi connectivity index (χ0n) is 20.8. The van der Waals surface area contributed by atoms with Crippen LogP contribution in [-0.4, -0.2) is 46.1 Å².